The number of carboxylic acid groups (broad SMARTS) is 1. The van der Waals surface area contributed by atoms with E-state index in [2.05, 4.69) is 42.5 Å². The monoisotopic (exact) mass is 468 g/mol. The van der Waals surface area contributed by atoms with Gasteiger partial charge in [-0.3, -0.25) is 0 Å². The average molecular weight is 469 g/mol. The molecule has 6 aromatic rings. The zero-order valence-corrected chi connectivity index (χ0v) is 19.6. The number of nitrogens with zero attached hydrogens (tertiary/aromatic N) is 2. The van der Waals surface area contributed by atoms with Crippen molar-refractivity contribution in [1.82, 2.24) is 9.13 Å². The van der Waals surface area contributed by atoms with Crippen LogP contribution in [0.4, 0.5) is 0 Å². The first-order valence-corrected chi connectivity index (χ1v) is 11.9. The lowest BCUT2D eigenvalue weighted by molar-refractivity contribution is 0.0687. The van der Waals surface area contributed by atoms with Crippen LogP contribution in [0.1, 0.15) is 16.1 Å². The molecule has 0 amide bonds. The van der Waals surface area contributed by atoms with Gasteiger partial charge in [0.15, 0.2) is 0 Å². The second kappa shape index (κ2) is 9.08. The van der Waals surface area contributed by atoms with E-state index in [1.54, 1.807) is 0 Å². The van der Waals surface area contributed by atoms with Crippen molar-refractivity contribution in [3.8, 4) is 27.9 Å². The third kappa shape index (κ3) is 3.89. The summed E-state index contributed by atoms with van der Waals surface area (Å²) in [5.74, 6) is -0.937. The molecule has 0 radical (unpaired) electrons. The van der Waals surface area contributed by atoms with Crippen LogP contribution in [-0.4, -0.2) is 20.2 Å². The Morgan fingerprint density at radius 1 is 0.667 bits per heavy atom. The quantitative estimate of drug-likeness (QED) is 0.275. The van der Waals surface area contributed by atoms with Crippen molar-refractivity contribution in [3.63, 3.8) is 0 Å². The van der Waals surface area contributed by atoms with Gasteiger partial charge in [-0.1, -0.05) is 84.9 Å². The summed E-state index contributed by atoms with van der Waals surface area (Å²) in [6.07, 6.45) is 3.99. The van der Waals surface area contributed by atoms with E-state index >= 15 is 0 Å². The maximum absolute atomic E-state index is 12.7. The molecule has 0 aliphatic rings. The summed E-state index contributed by atoms with van der Waals surface area (Å²) in [4.78, 5) is 12.7. The molecule has 0 saturated carbocycles. The molecule has 4 aromatic carbocycles. The topological polar surface area (TPSA) is 47.2 Å². The summed E-state index contributed by atoms with van der Waals surface area (Å²) < 4.78 is 3.96. The number of fused-ring (bicyclic) bond motifs is 1. The first-order valence-electron chi connectivity index (χ1n) is 11.9. The normalized spacial score (nSPS) is 11.1. The molecule has 4 nitrogen and oxygen atoms in total. The largest absolute Gasteiger partial charge is 0.477 e. The van der Waals surface area contributed by atoms with Crippen molar-refractivity contribution in [2.24, 2.45) is 0 Å². The summed E-state index contributed by atoms with van der Waals surface area (Å²) in [6, 6.07) is 38.5. The van der Waals surface area contributed by atoms with E-state index in [1.807, 2.05) is 94.3 Å². The number of rotatable bonds is 6. The van der Waals surface area contributed by atoms with Crippen molar-refractivity contribution >= 4 is 16.9 Å². The SMILES string of the molecule is O=C(O)c1c(-c2ccccc2)c2cc(-n3cccc3)ccc2n1Cc1ccc(-c2ccccc2)cc1. The van der Waals surface area contributed by atoms with E-state index in [0.717, 1.165) is 44.4 Å². The number of benzene rings is 4. The summed E-state index contributed by atoms with van der Waals surface area (Å²) in [5, 5.41) is 11.3. The highest BCUT2D eigenvalue weighted by Crippen LogP contribution is 2.37. The maximum Gasteiger partial charge on any atom is 0.353 e. The zero-order valence-electron chi connectivity index (χ0n) is 19.6. The summed E-state index contributed by atoms with van der Waals surface area (Å²) in [5.41, 5.74) is 7.16. The van der Waals surface area contributed by atoms with Gasteiger partial charge in [-0.05, 0) is 52.6 Å². The molecule has 0 saturated heterocycles. The Morgan fingerprint density at radius 2 is 1.28 bits per heavy atom. The van der Waals surface area contributed by atoms with Crippen molar-refractivity contribution in [2.75, 3.05) is 0 Å². The van der Waals surface area contributed by atoms with Crippen LogP contribution < -0.4 is 0 Å². The van der Waals surface area contributed by atoms with Crippen LogP contribution in [0.25, 0.3) is 38.8 Å². The molecule has 174 valence electrons. The molecule has 2 heterocycles. The van der Waals surface area contributed by atoms with Gasteiger partial charge in [-0.15, -0.1) is 0 Å². The van der Waals surface area contributed by atoms with Crippen LogP contribution in [0.2, 0.25) is 0 Å². The van der Waals surface area contributed by atoms with Gasteiger partial charge in [0.25, 0.3) is 0 Å². The minimum atomic E-state index is -0.937. The fraction of sp³-hybridized carbons (Fsp3) is 0.0312. The Morgan fingerprint density at radius 3 is 1.92 bits per heavy atom. The van der Waals surface area contributed by atoms with E-state index in [1.165, 1.54) is 0 Å². The molecule has 0 aliphatic carbocycles. The smallest absolute Gasteiger partial charge is 0.353 e. The number of aromatic carboxylic acids is 1. The third-order valence-electron chi connectivity index (χ3n) is 6.62. The van der Waals surface area contributed by atoms with Crippen molar-refractivity contribution in [1.29, 1.82) is 0 Å². The van der Waals surface area contributed by atoms with Crippen LogP contribution in [-0.2, 0) is 6.54 Å². The van der Waals surface area contributed by atoms with Gasteiger partial charge >= 0.3 is 5.97 Å². The standard InChI is InChI=1S/C32H24N2O2/c35-32(36)31-30(26-11-5-2-6-12-26)28-21-27(33-19-7-8-20-33)17-18-29(28)34(31)22-23-13-15-25(16-14-23)24-9-3-1-4-10-24/h1-21H,22H2,(H,35,36). The molecule has 0 atom stereocenters. The molecule has 0 aliphatic heterocycles. The summed E-state index contributed by atoms with van der Waals surface area (Å²) >= 11 is 0. The minimum Gasteiger partial charge on any atom is -0.477 e. The molecule has 0 fully saturated rings. The number of hydrogen-bond donors (Lipinski definition) is 1. The zero-order chi connectivity index (χ0) is 24.5. The summed E-state index contributed by atoms with van der Waals surface area (Å²) in [7, 11) is 0. The van der Waals surface area contributed by atoms with Gasteiger partial charge in [0.1, 0.15) is 5.69 Å². The molecule has 4 heteroatoms. The third-order valence-corrected chi connectivity index (χ3v) is 6.62. The lowest BCUT2D eigenvalue weighted by Gasteiger charge is -2.11. The highest BCUT2D eigenvalue weighted by Gasteiger charge is 2.24. The van der Waals surface area contributed by atoms with E-state index in [0.29, 0.717) is 12.2 Å². The Balaban J connectivity index is 1.51. The molecule has 1 N–H and O–H groups in total. The van der Waals surface area contributed by atoms with Gasteiger partial charge in [-0.2, -0.15) is 0 Å². The maximum atomic E-state index is 12.7. The Kier molecular flexibility index (Phi) is 5.47. The lowest BCUT2D eigenvalue weighted by Crippen LogP contribution is -2.10. The molecular formula is C32H24N2O2. The van der Waals surface area contributed by atoms with Gasteiger partial charge in [0.05, 0.1) is 0 Å². The fourth-order valence-corrected chi connectivity index (χ4v) is 4.91. The molecular weight excluding hydrogens is 444 g/mol. The highest BCUT2D eigenvalue weighted by atomic mass is 16.4. The second-order valence-electron chi connectivity index (χ2n) is 8.84. The Hall–Kier alpha value is -4.83. The molecule has 0 unspecified atom stereocenters. The lowest BCUT2D eigenvalue weighted by atomic mass is 10.0. The van der Waals surface area contributed by atoms with E-state index < -0.39 is 5.97 Å². The molecule has 2 aromatic heterocycles. The van der Waals surface area contributed by atoms with Crippen LogP contribution in [0.5, 0.6) is 0 Å². The number of carboxylic acids is 1. The van der Waals surface area contributed by atoms with Gasteiger partial charge in [0.2, 0.25) is 0 Å². The molecule has 6 rings (SSSR count). The Bertz CT molecular complexity index is 1650. The van der Waals surface area contributed by atoms with E-state index in [-0.39, 0.29) is 0 Å². The average Bonchev–Trinajstić information content (AvgIpc) is 3.57. The van der Waals surface area contributed by atoms with Gasteiger partial charge in [-0.25, -0.2) is 4.79 Å². The van der Waals surface area contributed by atoms with Crippen molar-refractivity contribution in [2.45, 2.75) is 6.54 Å². The molecule has 0 bridgehead atoms. The second-order valence-corrected chi connectivity index (χ2v) is 8.84. The van der Waals surface area contributed by atoms with Crippen molar-refractivity contribution in [3.05, 3.63) is 139 Å². The number of carbonyl (C=O) groups is 1. The van der Waals surface area contributed by atoms with Crippen LogP contribution in [0.15, 0.2) is 128 Å². The predicted molar refractivity (Wildman–Crippen MR) is 145 cm³/mol. The highest BCUT2D eigenvalue weighted by molar-refractivity contribution is 6.08. The minimum absolute atomic E-state index is 0.299. The van der Waals surface area contributed by atoms with Crippen LogP contribution in [0.3, 0.4) is 0 Å². The van der Waals surface area contributed by atoms with E-state index in [4.69, 9.17) is 0 Å². The first kappa shape index (κ1) is 21.7. The van der Waals surface area contributed by atoms with Crippen molar-refractivity contribution < 1.29 is 9.90 Å². The fourth-order valence-electron chi connectivity index (χ4n) is 4.91. The molecule has 36 heavy (non-hydrogen) atoms. The first-order chi connectivity index (χ1) is 17.7. The Labute approximate surface area is 209 Å². The van der Waals surface area contributed by atoms with Gasteiger partial charge in [0, 0.05) is 41.1 Å². The van der Waals surface area contributed by atoms with Crippen LogP contribution >= 0.6 is 0 Å². The number of hydrogen-bond acceptors (Lipinski definition) is 1. The van der Waals surface area contributed by atoms with Gasteiger partial charge < -0.3 is 14.2 Å². The van der Waals surface area contributed by atoms with E-state index in [9.17, 15) is 9.90 Å². The predicted octanol–water partition coefficient (Wildman–Crippen LogP) is 7.51. The summed E-state index contributed by atoms with van der Waals surface area (Å²) in [6.45, 7) is 0.461. The molecule has 0 spiro atoms. The number of aromatic nitrogens is 2. The van der Waals surface area contributed by atoms with Crippen LogP contribution in [0, 0.1) is 0 Å².